The first-order chi connectivity index (χ1) is 9.82. The molecule has 1 aliphatic rings. The van der Waals surface area contributed by atoms with Crippen molar-refractivity contribution in [3.8, 4) is 0 Å². The summed E-state index contributed by atoms with van der Waals surface area (Å²) in [7, 11) is 2.29. The molecule has 2 N–H and O–H groups in total. The fraction of sp³-hybridized carbons (Fsp3) is 0.778. The highest BCUT2D eigenvalue weighted by Crippen LogP contribution is 2.44. The molecule has 2 rings (SSSR count). The van der Waals surface area contributed by atoms with Crippen LogP contribution >= 0.6 is 11.3 Å². The van der Waals surface area contributed by atoms with Gasteiger partial charge in [-0.05, 0) is 61.9 Å². The van der Waals surface area contributed by atoms with Gasteiger partial charge in [0.05, 0.1) is 0 Å². The highest BCUT2D eigenvalue weighted by atomic mass is 32.1. The molecule has 1 aromatic rings. The standard InChI is InChI=1S/C18H32N2S/c1-13(11-16-7-6-10-21-16)20(5)12-15-8-9-17(19)14(2)18(15,3)4/h6-7,10,13-15,17H,8-9,11-12,19H2,1-5H3. The fourth-order valence-electron chi connectivity index (χ4n) is 3.67. The molecule has 1 aromatic heterocycles. The summed E-state index contributed by atoms with van der Waals surface area (Å²) in [6.07, 6.45) is 3.62. The van der Waals surface area contributed by atoms with E-state index in [0.29, 0.717) is 23.4 Å². The van der Waals surface area contributed by atoms with Crippen molar-refractivity contribution in [2.24, 2.45) is 23.0 Å². The molecule has 4 unspecified atom stereocenters. The summed E-state index contributed by atoms with van der Waals surface area (Å²) in [5.41, 5.74) is 6.63. The van der Waals surface area contributed by atoms with Crippen molar-refractivity contribution in [1.82, 2.24) is 4.90 Å². The Kier molecular flexibility index (Phi) is 5.50. The van der Waals surface area contributed by atoms with Gasteiger partial charge in [-0.2, -0.15) is 0 Å². The van der Waals surface area contributed by atoms with Crippen molar-refractivity contribution in [3.05, 3.63) is 22.4 Å². The van der Waals surface area contributed by atoms with Crippen molar-refractivity contribution < 1.29 is 0 Å². The van der Waals surface area contributed by atoms with Crippen LogP contribution in [0.1, 0.15) is 45.4 Å². The van der Waals surface area contributed by atoms with E-state index in [0.717, 1.165) is 12.3 Å². The summed E-state index contributed by atoms with van der Waals surface area (Å²) in [5, 5.41) is 2.18. The van der Waals surface area contributed by atoms with E-state index in [1.807, 2.05) is 11.3 Å². The molecule has 1 fully saturated rings. The molecule has 1 aliphatic carbocycles. The van der Waals surface area contributed by atoms with Crippen LogP contribution in [0.4, 0.5) is 0 Å². The van der Waals surface area contributed by atoms with E-state index in [1.165, 1.54) is 24.3 Å². The van der Waals surface area contributed by atoms with E-state index in [4.69, 9.17) is 5.73 Å². The van der Waals surface area contributed by atoms with Gasteiger partial charge in [-0.1, -0.05) is 26.8 Å². The molecule has 0 saturated heterocycles. The molecular formula is C18H32N2S. The van der Waals surface area contributed by atoms with E-state index in [1.54, 1.807) is 0 Å². The molecular weight excluding hydrogens is 276 g/mol. The third-order valence-electron chi connectivity index (χ3n) is 6.05. The molecule has 0 radical (unpaired) electrons. The Labute approximate surface area is 134 Å². The van der Waals surface area contributed by atoms with Crippen LogP contribution in [-0.4, -0.2) is 30.6 Å². The first-order valence-electron chi connectivity index (χ1n) is 8.30. The molecule has 2 nitrogen and oxygen atoms in total. The highest BCUT2D eigenvalue weighted by molar-refractivity contribution is 7.09. The summed E-state index contributed by atoms with van der Waals surface area (Å²) in [6.45, 7) is 10.7. The molecule has 1 heterocycles. The Morgan fingerprint density at radius 1 is 1.43 bits per heavy atom. The topological polar surface area (TPSA) is 29.3 Å². The van der Waals surface area contributed by atoms with Crippen LogP contribution in [0, 0.1) is 17.3 Å². The Bertz CT molecular complexity index is 426. The van der Waals surface area contributed by atoms with Gasteiger partial charge < -0.3 is 10.6 Å². The van der Waals surface area contributed by atoms with Gasteiger partial charge in [-0.3, -0.25) is 0 Å². The van der Waals surface area contributed by atoms with Crippen molar-refractivity contribution in [1.29, 1.82) is 0 Å². The van der Waals surface area contributed by atoms with Crippen molar-refractivity contribution in [2.45, 2.75) is 59.0 Å². The Balaban J connectivity index is 1.93. The second-order valence-corrected chi connectivity index (χ2v) is 8.65. The van der Waals surface area contributed by atoms with Crippen LogP contribution in [0.15, 0.2) is 17.5 Å². The van der Waals surface area contributed by atoms with E-state index < -0.39 is 0 Å². The molecule has 120 valence electrons. The third kappa shape index (κ3) is 3.88. The van der Waals surface area contributed by atoms with Gasteiger partial charge in [0.15, 0.2) is 0 Å². The van der Waals surface area contributed by atoms with Gasteiger partial charge in [-0.25, -0.2) is 0 Å². The number of likely N-dealkylation sites (N-methyl/N-ethyl adjacent to an activating group) is 1. The Hall–Kier alpha value is -0.380. The van der Waals surface area contributed by atoms with Gasteiger partial charge in [0, 0.05) is 23.5 Å². The maximum Gasteiger partial charge on any atom is 0.0112 e. The quantitative estimate of drug-likeness (QED) is 0.890. The summed E-state index contributed by atoms with van der Waals surface area (Å²) in [4.78, 5) is 4.04. The van der Waals surface area contributed by atoms with Gasteiger partial charge in [0.25, 0.3) is 0 Å². The lowest BCUT2D eigenvalue weighted by Crippen LogP contribution is -2.50. The molecule has 0 spiro atoms. The average molecular weight is 309 g/mol. The maximum atomic E-state index is 6.28. The second-order valence-electron chi connectivity index (χ2n) is 7.62. The molecule has 4 atom stereocenters. The predicted molar refractivity (Wildman–Crippen MR) is 93.8 cm³/mol. The monoisotopic (exact) mass is 308 g/mol. The van der Waals surface area contributed by atoms with Crippen molar-refractivity contribution in [3.63, 3.8) is 0 Å². The minimum atomic E-state index is 0.342. The lowest BCUT2D eigenvalue weighted by Gasteiger charge is -2.48. The normalized spacial score (nSPS) is 30.5. The lowest BCUT2D eigenvalue weighted by atomic mass is 9.61. The average Bonchev–Trinajstić information content (AvgIpc) is 2.92. The predicted octanol–water partition coefficient (Wildman–Crippen LogP) is 4.01. The number of nitrogens with two attached hydrogens (primary N) is 1. The fourth-order valence-corrected chi connectivity index (χ4v) is 4.50. The van der Waals surface area contributed by atoms with Gasteiger partial charge in [0.1, 0.15) is 0 Å². The van der Waals surface area contributed by atoms with Crippen LogP contribution in [0.5, 0.6) is 0 Å². The van der Waals surface area contributed by atoms with E-state index in [2.05, 4.69) is 57.2 Å². The van der Waals surface area contributed by atoms with E-state index in [-0.39, 0.29) is 0 Å². The number of hydrogen-bond donors (Lipinski definition) is 1. The van der Waals surface area contributed by atoms with Crippen LogP contribution in [0.3, 0.4) is 0 Å². The molecule has 0 aromatic carbocycles. The van der Waals surface area contributed by atoms with E-state index >= 15 is 0 Å². The molecule has 0 bridgehead atoms. The minimum Gasteiger partial charge on any atom is -0.327 e. The summed E-state index contributed by atoms with van der Waals surface area (Å²) >= 11 is 1.87. The van der Waals surface area contributed by atoms with Crippen molar-refractivity contribution in [2.75, 3.05) is 13.6 Å². The summed E-state index contributed by atoms with van der Waals surface area (Å²) in [6, 6.07) is 5.39. The van der Waals surface area contributed by atoms with Crippen molar-refractivity contribution >= 4 is 11.3 Å². The smallest absolute Gasteiger partial charge is 0.0112 e. The third-order valence-corrected chi connectivity index (χ3v) is 6.95. The number of thiophene rings is 1. The number of hydrogen-bond acceptors (Lipinski definition) is 3. The molecule has 21 heavy (non-hydrogen) atoms. The first-order valence-corrected chi connectivity index (χ1v) is 9.18. The lowest BCUT2D eigenvalue weighted by molar-refractivity contribution is 0.0270. The largest absolute Gasteiger partial charge is 0.327 e. The van der Waals surface area contributed by atoms with E-state index in [9.17, 15) is 0 Å². The summed E-state index contributed by atoms with van der Waals surface area (Å²) in [5.74, 6) is 1.36. The van der Waals surface area contributed by atoms with Crippen LogP contribution in [-0.2, 0) is 6.42 Å². The zero-order chi connectivity index (χ0) is 15.6. The minimum absolute atomic E-state index is 0.342. The zero-order valence-electron chi connectivity index (χ0n) is 14.3. The van der Waals surface area contributed by atoms with Gasteiger partial charge in [0.2, 0.25) is 0 Å². The number of rotatable bonds is 5. The summed E-state index contributed by atoms with van der Waals surface area (Å²) < 4.78 is 0. The molecule has 1 saturated carbocycles. The van der Waals surface area contributed by atoms with Crippen LogP contribution in [0.25, 0.3) is 0 Å². The Morgan fingerprint density at radius 3 is 2.76 bits per heavy atom. The molecule has 0 amide bonds. The molecule has 3 heteroatoms. The van der Waals surface area contributed by atoms with Crippen LogP contribution < -0.4 is 5.73 Å². The Morgan fingerprint density at radius 2 is 2.14 bits per heavy atom. The highest BCUT2D eigenvalue weighted by Gasteiger charge is 2.41. The van der Waals surface area contributed by atoms with Crippen LogP contribution in [0.2, 0.25) is 0 Å². The molecule has 0 aliphatic heterocycles. The first kappa shape index (κ1) is 17.0. The second kappa shape index (κ2) is 6.80. The van der Waals surface area contributed by atoms with Gasteiger partial charge >= 0.3 is 0 Å². The zero-order valence-corrected chi connectivity index (χ0v) is 15.1. The number of nitrogens with zero attached hydrogens (tertiary/aromatic N) is 1. The maximum absolute atomic E-state index is 6.28. The SMILES string of the molecule is CC(Cc1cccs1)N(C)CC1CCC(N)C(C)C1(C)C. The van der Waals surface area contributed by atoms with Gasteiger partial charge in [-0.15, -0.1) is 11.3 Å².